The van der Waals surface area contributed by atoms with E-state index in [9.17, 15) is 4.79 Å². The number of imidazole rings is 1. The molecular weight excluding hydrogens is 290 g/mol. The molecule has 0 spiro atoms. The fourth-order valence-electron chi connectivity index (χ4n) is 1.41. The average Bonchev–Trinajstić information content (AvgIpc) is 2.67. The van der Waals surface area contributed by atoms with Crippen molar-refractivity contribution in [1.82, 2.24) is 14.4 Å². The molecule has 0 atom stereocenters. The molecule has 0 amide bonds. The number of fused-ring (bicyclic) bond motifs is 1. The molecule has 0 saturated heterocycles. The van der Waals surface area contributed by atoms with Gasteiger partial charge in [0.2, 0.25) is 5.88 Å². The Labute approximate surface area is 106 Å². The van der Waals surface area contributed by atoms with Gasteiger partial charge in [-0.2, -0.15) is 0 Å². The second-order valence-electron chi connectivity index (χ2n) is 3.11. The minimum absolute atomic E-state index is 0.207. The minimum atomic E-state index is -0.481. The first-order chi connectivity index (χ1) is 8.19. The Hall–Kier alpha value is -1.63. The maximum atomic E-state index is 11.6. The van der Waals surface area contributed by atoms with Crippen LogP contribution >= 0.6 is 15.9 Å². The summed E-state index contributed by atoms with van der Waals surface area (Å²) in [6.45, 7) is 2.04. The van der Waals surface area contributed by atoms with Crippen LogP contribution in [0.15, 0.2) is 17.0 Å². The van der Waals surface area contributed by atoms with Crippen molar-refractivity contribution in [2.45, 2.75) is 6.92 Å². The molecule has 7 heteroatoms. The predicted molar refractivity (Wildman–Crippen MR) is 63.2 cm³/mol. The highest BCUT2D eigenvalue weighted by molar-refractivity contribution is 9.10. The van der Waals surface area contributed by atoms with Crippen molar-refractivity contribution in [2.24, 2.45) is 0 Å². The maximum Gasteiger partial charge on any atom is 0.359 e. The van der Waals surface area contributed by atoms with E-state index in [2.05, 4.69) is 25.9 Å². The third kappa shape index (κ3) is 1.97. The molecular formula is C10H10BrN3O3. The first-order valence-corrected chi connectivity index (χ1v) is 5.71. The van der Waals surface area contributed by atoms with E-state index < -0.39 is 5.97 Å². The van der Waals surface area contributed by atoms with Gasteiger partial charge in [-0.25, -0.2) is 9.78 Å². The van der Waals surface area contributed by atoms with E-state index in [1.165, 1.54) is 19.5 Å². The van der Waals surface area contributed by atoms with Crippen molar-refractivity contribution in [3.05, 3.63) is 22.7 Å². The number of esters is 1. The zero-order valence-corrected chi connectivity index (χ0v) is 10.9. The van der Waals surface area contributed by atoms with Crippen molar-refractivity contribution in [1.29, 1.82) is 0 Å². The fourth-order valence-corrected chi connectivity index (χ4v) is 2.02. The summed E-state index contributed by atoms with van der Waals surface area (Å²) in [5.74, 6) is 0.00236. The summed E-state index contributed by atoms with van der Waals surface area (Å²) in [5, 5.41) is 0. The molecule has 0 aliphatic carbocycles. The van der Waals surface area contributed by atoms with Gasteiger partial charge >= 0.3 is 5.97 Å². The predicted octanol–water partition coefficient (Wildman–Crippen LogP) is 1.68. The summed E-state index contributed by atoms with van der Waals surface area (Å²) < 4.78 is 12.2. The van der Waals surface area contributed by atoms with Gasteiger partial charge in [-0.15, -0.1) is 0 Å². The molecule has 2 heterocycles. The molecule has 0 saturated carbocycles. The molecule has 0 aromatic carbocycles. The van der Waals surface area contributed by atoms with E-state index >= 15 is 0 Å². The van der Waals surface area contributed by atoms with Gasteiger partial charge < -0.3 is 9.47 Å². The van der Waals surface area contributed by atoms with E-state index in [0.717, 1.165) is 0 Å². The van der Waals surface area contributed by atoms with Gasteiger partial charge in [-0.3, -0.25) is 9.38 Å². The molecule has 90 valence electrons. The third-order valence-corrected chi connectivity index (χ3v) is 2.85. The third-order valence-electron chi connectivity index (χ3n) is 2.12. The lowest BCUT2D eigenvalue weighted by atomic mass is 10.5. The summed E-state index contributed by atoms with van der Waals surface area (Å²) in [6, 6.07) is 0. The number of nitrogens with zero attached hydrogens (tertiary/aromatic N) is 3. The minimum Gasteiger partial charge on any atom is -0.481 e. The van der Waals surface area contributed by atoms with Crippen LogP contribution in [0.3, 0.4) is 0 Å². The molecule has 0 unspecified atom stereocenters. The first-order valence-electron chi connectivity index (χ1n) is 4.92. The SMILES string of the molecule is CCOC(=O)c1nc2cncc(OC)n2c1Br. The Morgan fingerprint density at radius 1 is 1.53 bits per heavy atom. The van der Waals surface area contributed by atoms with Gasteiger partial charge in [0.25, 0.3) is 0 Å². The Morgan fingerprint density at radius 3 is 2.94 bits per heavy atom. The first kappa shape index (κ1) is 11.8. The number of ether oxygens (including phenoxy) is 2. The van der Waals surface area contributed by atoms with Gasteiger partial charge in [0, 0.05) is 0 Å². The zero-order valence-electron chi connectivity index (χ0n) is 9.31. The average molecular weight is 300 g/mol. The van der Waals surface area contributed by atoms with Gasteiger partial charge in [0.15, 0.2) is 11.3 Å². The second kappa shape index (κ2) is 4.70. The fraction of sp³-hybridized carbons (Fsp3) is 0.300. The van der Waals surface area contributed by atoms with E-state index in [4.69, 9.17) is 9.47 Å². The van der Waals surface area contributed by atoms with Gasteiger partial charge in [0.1, 0.15) is 4.60 Å². The molecule has 2 aromatic heterocycles. The van der Waals surface area contributed by atoms with Crippen LogP contribution in [-0.2, 0) is 4.74 Å². The van der Waals surface area contributed by atoms with Crippen molar-refractivity contribution in [2.75, 3.05) is 13.7 Å². The smallest absolute Gasteiger partial charge is 0.359 e. The lowest BCUT2D eigenvalue weighted by Crippen LogP contribution is -2.05. The largest absolute Gasteiger partial charge is 0.481 e. The Kier molecular flexibility index (Phi) is 3.28. The van der Waals surface area contributed by atoms with E-state index in [0.29, 0.717) is 22.7 Å². The number of carbonyl (C=O) groups is 1. The summed E-state index contributed by atoms with van der Waals surface area (Å²) in [7, 11) is 1.52. The molecule has 2 rings (SSSR count). The van der Waals surface area contributed by atoms with Gasteiger partial charge in [-0.05, 0) is 22.9 Å². The van der Waals surface area contributed by atoms with Crippen molar-refractivity contribution < 1.29 is 14.3 Å². The standard InChI is InChI=1S/C10H10BrN3O3/c1-3-17-10(15)8-9(11)14-6(13-8)4-12-5-7(14)16-2/h4-5H,3H2,1-2H3. The number of hydrogen-bond acceptors (Lipinski definition) is 5. The maximum absolute atomic E-state index is 11.6. The van der Waals surface area contributed by atoms with Crippen LogP contribution in [0.4, 0.5) is 0 Å². The van der Waals surface area contributed by atoms with E-state index in [1.54, 1.807) is 11.3 Å². The molecule has 2 aromatic rings. The van der Waals surface area contributed by atoms with Crippen molar-refractivity contribution in [3.8, 4) is 5.88 Å². The van der Waals surface area contributed by atoms with Crippen LogP contribution in [0.25, 0.3) is 5.65 Å². The number of methoxy groups -OCH3 is 1. The molecule has 6 nitrogen and oxygen atoms in total. The summed E-state index contributed by atoms with van der Waals surface area (Å²) in [6.07, 6.45) is 3.07. The molecule has 0 bridgehead atoms. The van der Waals surface area contributed by atoms with Crippen LogP contribution in [-0.4, -0.2) is 34.1 Å². The van der Waals surface area contributed by atoms with Gasteiger partial charge in [-0.1, -0.05) is 0 Å². The van der Waals surface area contributed by atoms with Crippen LogP contribution in [0.1, 0.15) is 17.4 Å². The summed E-state index contributed by atoms with van der Waals surface area (Å²) in [5.41, 5.74) is 0.720. The topological polar surface area (TPSA) is 65.7 Å². The molecule has 0 aliphatic rings. The molecule has 0 fully saturated rings. The van der Waals surface area contributed by atoms with E-state index in [1.807, 2.05) is 0 Å². The van der Waals surface area contributed by atoms with Crippen LogP contribution in [0, 0.1) is 0 Å². The summed E-state index contributed by atoms with van der Waals surface area (Å²) in [4.78, 5) is 19.7. The molecule has 0 aliphatic heterocycles. The number of aromatic nitrogens is 3. The molecule has 0 radical (unpaired) electrons. The van der Waals surface area contributed by atoms with Crippen molar-refractivity contribution >= 4 is 27.5 Å². The lowest BCUT2D eigenvalue weighted by Gasteiger charge is -2.03. The lowest BCUT2D eigenvalue weighted by molar-refractivity contribution is 0.0519. The van der Waals surface area contributed by atoms with Crippen LogP contribution < -0.4 is 4.74 Å². The van der Waals surface area contributed by atoms with Crippen LogP contribution in [0.2, 0.25) is 0 Å². The quantitative estimate of drug-likeness (QED) is 0.807. The number of halogens is 1. The highest BCUT2D eigenvalue weighted by atomic mass is 79.9. The van der Waals surface area contributed by atoms with Crippen LogP contribution in [0.5, 0.6) is 5.88 Å². The van der Waals surface area contributed by atoms with Gasteiger partial charge in [0.05, 0.1) is 26.1 Å². The Morgan fingerprint density at radius 2 is 2.29 bits per heavy atom. The van der Waals surface area contributed by atoms with Crippen molar-refractivity contribution in [3.63, 3.8) is 0 Å². The normalized spacial score (nSPS) is 10.5. The van der Waals surface area contributed by atoms with E-state index in [-0.39, 0.29) is 5.69 Å². The highest BCUT2D eigenvalue weighted by Gasteiger charge is 2.20. The number of rotatable bonds is 3. The Bertz CT molecular complexity index is 567. The monoisotopic (exact) mass is 299 g/mol. The number of hydrogen-bond donors (Lipinski definition) is 0. The number of carbonyl (C=O) groups excluding carboxylic acids is 1. The second-order valence-corrected chi connectivity index (χ2v) is 3.87. The highest BCUT2D eigenvalue weighted by Crippen LogP contribution is 2.24. The summed E-state index contributed by atoms with van der Waals surface area (Å²) >= 11 is 3.31. The zero-order chi connectivity index (χ0) is 12.4. The Balaban J connectivity index is 2.61. The molecule has 0 N–H and O–H groups in total. The molecule has 17 heavy (non-hydrogen) atoms.